The molecule has 1 aromatic rings. The van der Waals surface area contributed by atoms with Crippen molar-refractivity contribution < 1.29 is 9.90 Å². The Hall–Kier alpha value is -1.83. The summed E-state index contributed by atoms with van der Waals surface area (Å²) in [6.45, 7) is 6.96. The number of nitrogens with zero attached hydrogens (tertiary/aromatic N) is 4. The Labute approximate surface area is 135 Å². The molecule has 1 heterocycles. The zero-order chi connectivity index (χ0) is 16.9. The lowest BCUT2D eigenvalue weighted by Gasteiger charge is -2.16. The monoisotopic (exact) mass is 325 g/mol. The number of carbonyl (C=O) groups is 1. The molecule has 1 aromatic heterocycles. The number of anilines is 2. The average Bonchev–Trinajstić information content (AvgIpc) is 2.43. The molecule has 0 aliphatic rings. The first-order chi connectivity index (χ1) is 10.2. The summed E-state index contributed by atoms with van der Waals surface area (Å²) in [5.74, 6) is 0.671. The van der Waals surface area contributed by atoms with Crippen LogP contribution in [0.15, 0.2) is 15.8 Å². The van der Waals surface area contributed by atoms with E-state index in [9.17, 15) is 9.90 Å². The number of carbonyl (C=O) groups excluding carboxylic acids is 1. The molecule has 2 N–H and O–H groups in total. The van der Waals surface area contributed by atoms with E-state index in [1.54, 1.807) is 4.90 Å². The second-order valence-corrected chi connectivity index (χ2v) is 6.14. The van der Waals surface area contributed by atoms with Gasteiger partial charge in [0, 0.05) is 20.1 Å². The van der Waals surface area contributed by atoms with Gasteiger partial charge in [0.1, 0.15) is 5.76 Å². The van der Waals surface area contributed by atoms with Gasteiger partial charge in [0.05, 0.1) is 4.91 Å². The molecule has 0 unspecified atom stereocenters. The smallest absolute Gasteiger partial charge is 0.230 e. The van der Waals surface area contributed by atoms with Gasteiger partial charge < -0.3 is 15.3 Å². The maximum Gasteiger partial charge on any atom is 0.230 e. The van der Waals surface area contributed by atoms with Crippen LogP contribution in [-0.2, 0) is 4.79 Å². The summed E-state index contributed by atoms with van der Waals surface area (Å²) in [5, 5.41) is 13.2. The Kier molecular flexibility index (Phi) is 6.61. The molecule has 0 bridgehead atoms. The lowest BCUT2D eigenvalue weighted by atomic mass is 10.3. The molecule has 22 heavy (non-hydrogen) atoms. The normalized spacial score (nSPS) is 13.4. The van der Waals surface area contributed by atoms with Gasteiger partial charge in [-0.15, -0.1) is 0 Å². The van der Waals surface area contributed by atoms with E-state index in [0.29, 0.717) is 17.1 Å². The van der Waals surface area contributed by atoms with Crippen molar-refractivity contribution in [3.05, 3.63) is 10.7 Å². The molecule has 0 fully saturated rings. The van der Waals surface area contributed by atoms with Crippen LogP contribution in [0.5, 0.6) is 0 Å². The average molecular weight is 325 g/mol. The van der Waals surface area contributed by atoms with E-state index in [1.165, 1.54) is 13.8 Å². The topological polar surface area (TPSA) is 91.2 Å². The van der Waals surface area contributed by atoms with E-state index in [1.807, 2.05) is 21.0 Å². The molecular weight excluding hydrogens is 302 g/mol. The molecule has 8 heteroatoms. The quantitative estimate of drug-likeness (QED) is 0.449. The number of thioether (sulfide) groups is 1. The van der Waals surface area contributed by atoms with Gasteiger partial charge in [-0.25, -0.2) is 0 Å². The Morgan fingerprint density at radius 1 is 1.32 bits per heavy atom. The van der Waals surface area contributed by atoms with Crippen molar-refractivity contribution in [3.63, 3.8) is 0 Å². The molecule has 0 aromatic carbocycles. The number of ketones is 1. The van der Waals surface area contributed by atoms with Crippen molar-refractivity contribution in [2.75, 3.05) is 24.3 Å². The standard InChI is InChI=1S/C14H23N5O2S/c1-7-8(2)15-12-16-13(19(5)6)18-14(17-12)22-11(9(3)20)10(4)21/h8,20H,7H2,1-6H3,(H,15,16,17,18)/b11-9+/t8-/m0/s1. The van der Waals surface area contributed by atoms with Gasteiger partial charge in [0.2, 0.25) is 11.9 Å². The highest BCUT2D eigenvalue weighted by molar-refractivity contribution is 8.03. The minimum absolute atomic E-state index is 0.0410. The van der Waals surface area contributed by atoms with Crippen molar-refractivity contribution in [1.82, 2.24) is 15.0 Å². The number of hydrogen-bond acceptors (Lipinski definition) is 8. The SMILES string of the molecule is CC[C@H](C)Nc1nc(S/C(C(C)=O)=C(\C)O)nc(N(C)C)n1. The molecule has 1 rings (SSSR count). The summed E-state index contributed by atoms with van der Waals surface area (Å²) < 4.78 is 0. The number of aliphatic hydroxyl groups is 1. The van der Waals surface area contributed by atoms with Crippen LogP contribution in [-0.4, -0.2) is 46.0 Å². The molecule has 0 spiro atoms. The van der Waals surface area contributed by atoms with Crippen molar-refractivity contribution in [1.29, 1.82) is 0 Å². The predicted octanol–water partition coefficient (Wildman–Crippen LogP) is 2.62. The third-order valence-electron chi connectivity index (χ3n) is 2.83. The highest BCUT2D eigenvalue weighted by atomic mass is 32.2. The molecular formula is C14H23N5O2S. The van der Waals surface area contributed by atoms with Crippen molar-refractivity contribution in [2.24, 2.45) is 0 Å². The zero-order valence-electron chi connectivity index (χ0n) is 13.8. The third-order valence-corrected chi connectivity index (χ3v) is 3.98. The number of aliphatic hydroxyl groups excluding tert-OH is 1. The molecule has 0 aliphatic carbocycles. The lowest BCUT2D eigenvalue weighted by molar-refractivity contribution is -0.113. The van der Waals surface area contributed by atoms with Gasteiger partial charge in [-0.05, 0) is 39.0 Å². The number of hydrogen-bond donors (Lipinski definition) is 2. The van der Waals surface area contributed by atoms with Gasteiger partial charge in [0.15, 0.2) is 10.9 Å². The molecule has 1 atom stereocenters. The molecule has 0 aliphatic heterocycles. The molecule has 0 saturated heterocycles. The second-order valence-electron chi connectivity index (χ2n) is 5.16. The molecule has 0 amide bonds. The molecule has 7 nitrogen and oxygen atoms in total. The van der Waals surface area contributed by atoms with Crippen LogP contribution in [0.25, 0.3) is 0 Å². The van der Waals surface area contributed by atoms with E-state index < -0.39 is 0 Å². The maximum absolute atomic E-state index is 11.6. The number of allylic oxidation sites excluding steroid dienone is 2. The highest BCUT2D eigenvalue weighted by Crippen LogP contribution is 2.28. The van der Waals surface area contributed by atoms with Crippen molar-refractivity contribution >= 4 is 29.4 Å². The van der Waals surface area contributed by atoms with E-state index in [4.69, 9.17) is 0 Å². The van der Waals surface area contributed by atoms with Crippen LogP contribution in [0.1, 0.15) is 34.1 Å². The molecule has 122 valence electrons. The van der Waals surface area contributed by atoms with Crippen LogP contribution in [0.4, 0.5) is 11.9 Å². The summed E-state index contributed by atoms with van der Waals surface area (Å²) >= 11 is 1.04. The molecule has 0 radical (unpaired) electrons. The minimum atomic E-state index is -0.228. The zero-order valence-corrected chi connectivity index (χ0v) is 14.7. The lowest BCUT2D eigenvalue weighted by Crippen LogP contribution is -2.19. The number of aromatic nitrogens is 3. The molecule has 0 saturated carbocycles. The Bertz CT molecular complexity index is 570. The Morgan fingerprint density at radius 2 is 1.95 bits per heavy atom. The van der Waals surface area contributed by atoms with Crippen molar-refractivity contribution in [3.8, 4) is 0 Å². The fourth-order valence-corrected chi connectivity index (χ4v) is 2.20. The number of Topliss-reactive ketones (excluding diaryl/α,β-unsaturated/α-hetero) is 1. The highest BCUT2D eigenvalue weighted by Gasteiger charge is 2.16. The summed E-state index contributed by atoms with van der Waals surface area (Å²) in [6.07, 6.45) is 0.930. The maximum atomic E-state index is 11.6. The van der Waals surface area contributed by atoms with Crippen LogP contribution in [0, 0.1) is 0 Å². The van der Waals surface area contributed by atoms with Crippen molar-refractivity contribution in [2.45, 2.75) is 45.3 Å². The van der Waals surface area contributed by atoms with E-state index >= 15 is 0 Å². The number of rotatable bonds is 7. The van der Waals surface area contributed by atoms with Gasteiger partial charge in [-0.2, -0.15) is 15.0 Å². The first kappa shape index (κ1) is 18.2. The van der Waals surface area contributed by atoms with E-state index in [2.05, 4.69) is 27.2 Å². The first-order valence-electron chi connectivity index (χ1n) is 7.03. The fraction of sp³-hybridized carbons (Fsp3) is 0.571. The summed E-state index contributed by atoms with van der Waals surface area (Å²) in [4.78, 5) is 26.5. The van der Waals surface area contributed by atoms with Gasteiger partial charge in [0.25, 0.3) is 0 Å². The van der Waals surface area contributed by atoms with E-state index in [-0.39, 0.29) is 22.5 Å². The Balaban J connectivity index is 3.18. The first-order valence-corrected chi connectivity index (χ1v) is 7.84. The fourth-order valence-electron chi connectivity index (χ4n) is 1.47. The van der Waals surface area contributed by atoms with Crippen LogP contribution < -0.4 is 10.2 Å². The third kappa shape index (κ3) is 5.18. The van der Waals surface area contributed by atoms with Crippen LogP contribution >= 0.6 is 11.8 Å². The van der Waals surface area contributed by atoms with Gasteiger partial charge in [-0.3, -0.25) is 4.79 Å². The summed E-state index contributed by atoms with van der Waals surface area (Å²) in [6, 6.07) is 0.220. The summed E-state index contributed by atoms with van der Waals surface area (Å²) in [5.41, 5.74) is 0. The van der Waals surface area contributed by atoms with Crippen LogP contribution in [0.2, 0.25) is 0 Å². The Morgan fingerprint density at radius 3 is 2.41 bits per heavy atom. The van der Waals surface area contributed by atoms with E-state index in [0.717, 1.165) is 18.2 Å². The predicted molar refractivity (Wildman–Crippen MR) is 89.4 cm³/mol. The van der Waals surface area contributed by atoms with Gasteiger partial charge in [-0.1, -0.05) is 6.92 Å². The number of nitrogens with one attached hydrogen (secondary N) is 1. The second kappa shape index (κ2) is 7.98. The summed E-state index contributed by atoms with van der Waals surface area (Å²) in [7, 11) is 3.66. The largest absolute Gasteiger partial charge is 0.511 e. The van der Waals surface area contributed by atoms with Gasteiger partial charge >= 0.3 is 0 Å². The van der Waals surface area contributed by atoms with Crippen LogP contribution in [0.3, 0.4) is 0 Å². The minimum Gasteiger partial charge on any atom is -0.511 e.